The van der Waals surface area contributed by atoms with Gasteiger partial charge in [0.15, 0.2) is 0 Å². The summed E-state index contributed by atoms with van der Waals surface area (Å²) in [6.07, 6.45) is 4.61. The zero-order valence-corrected chi connectivity index (χ0v) is 13.0. The Morgan fingerprint density at radius 1 is 1.37 bits per heavy atom. The number of nitrogens with zero attached hydrogens (tertiary/aromatic N) is 1. The molecule has 0 aliphatic carbocycles. The Morgan fingerprint density at radius 3 is 2.42 bits per heavy atom. The number of primary amides is 1. The number of carbonyl (C=O) groups excluding carboxylic acids is 1. The molecule has 0 aromatic carbocycles. The van der Waals surface area contributed by atoms with Gasteiger partial charge in [-0.05, 0) is 37.6 Å². The Hall–Kier alpha value is -0.610. The first-order chi connectivity index (χ1) is 8.92. The van der Waals surface area contributed by atoms with E-state index in [-0.39, 0.29) is 11.9 Å². The van der Waals surface area contributed by atoms with Gasteiger partial charge in [-0.25, -0.2) is 0 Å². The fourth-order valence-corrected chi connectivity index (χ4v) is 3.07. The number of hydrogen-bond acceptors (Lipinski definition) is 3. The average Bonchev–Trinajstić information content (AvgIpc) is 2.78. The van der Waals surface area contributed by atoms with Crippen molar-refractivity contribution in [1.82, 2.24) is 10.2 Å². The summed E-state index contributed by atoms with van der Waals surface area (Å²) in [7, 11) is 0. The smallest absolute Gasteiger partial charge is 0.234 e. The van der Waals surface area contributed by atoms with Crippen molar-refractivity contribution in [2.75, 3.05) is 19.6 Å². The van der Waals surface area contributed by atoms with E-state index in [1.54, 1.807) is 0 Å². The van der Waals surface area contributed by atoms with Gasteiger partial charge in [0, 0.05) is 19.1 Å². The van der Waals surface area contributed by atoms with Gasteiger partial charge < -0.3 is 16.0 Å². The summed E-state index contributed by atoms with van der Waals surface area (Å²) in [6, 6.07) is 0.0969. The summed E-state index contributed by atoms with van der Waals surface area (Å²) in [5.74, 6) is -0.231. The lowest BCUT2D eigenvalue weighted by Gasteiger charge is -2.27. The first-order valence-corrected chi connectivity index (χ1v) is 7.70. The minimum Gasteiger partial charge on any atom is -0.368 e. The maximum atomic E-state index is 11.4. The van der Waals surface area contributed by atoms with Crippen molar-refractivity contribution >= 4 is 5.91 Å². The molecule has 19 heavy (non-hydrogen) atoms. The molecule has 4 nitrogen and oxygen atoms in total. The van der Waals surface area contributed by atoms with Crippen molar-refractivity contribution in [3.8, 4) is 0 Å². The lowest BCUT2D eigenvalue weighted by atomic mass is 9.82. The van der Waals surface area contributed by atoms with Crippen LogP contribution in [-0.4, -0.2) is 42.5 Å². The highest BCUT2D eigenvalue weighted by Gasteiger charge is 2.34. The lowest BCUT2D eigenvalue weighted by molar-refractivity contribution is -0.120. The van der Waals surface area contributed by atoms with Crippen LogP contribution in [0, 0.1) is 5.41 Å². The zero-order valence-electron chi connectivity index (χ0n) is 13.0. The summed E-state index contributed by atoms with van der Waals surface area (Å²) in [4.78, 5) is 13.9. The monoisotopic (exact) mass is 269 g/mol. The quantitative estimate of drug-likeness (QED) is 0.705. The SMILES string of the molecule is CCC1(CC)CCN(CCC(NC(C)C)C(N)=O)C1. The van der Waals surface area contributed by atoms with Crippen LogP contribution < -0.4 is 11.1 Å². The Labute approximate surface area is 118 Å². The van der Waals surface area contributed by atoms with E-state index in [1.807, 2.05) is 13.8 Å². The van der Waals surface area contributed by atoms with Crippen molar-refractivity contribution in [2.24, 2.45) is 11.1 Å². The molecule has 4 heteroatoms. The molecule has 0 saturated carbocycles. The van der Waals surface area contributed by atoms with E-state index in [0.29, 0.717) is 11.5 Å². The number of nitrogens with one attached hydrogen (secondary N) is 1. The molecular weight excluding hydrogens is 238 g/mol. The third-order valence-corrected chi connectivity index (χ3v) is 4.63. The van der Waals surface area contributed by atoms with Gasteiger partial charge in [0.25, 0.3) is 0 Å². The Morgan fingerprint density at radius 2 is 2.00 bits per heavy atom. The molecule has 0 radical (unpaired) electrons. The molecule has 112 valence electrons. The molecule has 1 fully saturated rings. The fraction of sp³-hybridized carbons (Fsp3) is 0.933. The summed E-state index contributed by atoms with van der Waals surface area (Å²) in [6.45, 7) is 12.0. The van der Waals surface area contributed by atoms with Crippen LogP contribution in [-0.2, 0) is 4.79 Å². The predicted octanol–water partition coefficient (Wildman–Crippen LogP) is 1.74. The first-order valence-electron chi connectivity index (χ1n) is 7.70. The highest BCUT2D eigenvalue weighted by molar-refractivity contribution is 5.79. The summed E-state index contributed by atoms with van der Waals surface area (Å²) in [5.41, 5.74) is 5.96. The second-order valence-electron chi connectivity index (χ2n) is 6.30. The van der Waals surface area contributed by atoms with Crippen LogP contribution in [0.15, 0.2) is 0 Å². The van der Waals surface area contributed by atoms with Gasteiger partial charge in [0.05, 0.1) is 6.04 Å². The summed E-state index contributed by atoms with van der Waals surface area (Å²) < 4.78 is 0. The minimum absolute atomic E-state index is 0.196. The number of amides is 1. The number of likely N-dealkylation sites (tertiary alicyclic amines) is 1. The van der Waals surface area contributed by atoms with Gasteiger partial charge in [0.2, 0.25) is 5.91 Å². The Kier molecular flexibility index (Phi) is 6.27. The fourth-order valence-electron chi connectivity index (χ4n) is 3.07. The van der Waals surface area contributed by atoms with Crippen LogP contribution in [0.4, 0.5) is 0 Å². The van der Waals surface area contributed by atoms with Gasteiger partial charge in [-0.2, -0.15) is 0 Å². The molecule has 0 bridgehead atoms. The molecule has 3 N–H and O–H groups in total. The van der Waals surface area contributed by atoms with Crippen LogP contribution >= 0.6 is 0 Å². The standard InChI is InChI=1S/C15H31N3O/c1-5-15(6-2)8-10-18(11-15)9-7-13(14(16)19)17-12(3)4/h12-13,17H,5-11H2,1-4H3,(H2,16,19). The molecular formula is C15H31N3O. The molecule has 0 aromatic heterocycles. The first kappa shape index (κ1) is 16.4. The van der Waals surface area contributed by atoms with E-state index in [0.717, 1.165) is 19.5 Å². The molecule has 1 amide bonds. The van der Waals surface area contributed by atoms with Crippen LogP contribution in [0.25, 0.3) is 0 Å². The molecule has 1 rings (SSSR count). The van der Waals surface area contributed by atoms with Gasteiger partial charge >= 0.3 is 0 Å². The van der Waals surface area contributed by atoms with Gasteiger partial charge in [-0.3, -0.25) is 4.79 Å². The van der Waals surface area contributed by atoms with Gasteiger partial charge in [0.1, 0.15) is 0 Å². The highest BCUT2D eigenvalue weighted by atomic mass is 16.1. The van der Waals surface area contributed by atoms with Crippen molar-refractivity contribution in [1.29, 1.82) is 0 Å². The highest BCUT2D eigenvalue weighted by Crippen LogP contribution is 2.36. The largest absolute Gasteiger partial charge is 0.368 e. The number of rotatable bonds is 8. The Bertz CT molecular complexity index is 287. The van der Waals surface area contributed by atoms with E-state index < -0.39 is 0 Å². The minimum atomic E-state index is -0.231. The maximum absolute atomic E-state index is 11.4. The third-order valence-electron chi connectivity index (χ3n) is 4.63. The van der Waals surface area contributed by atoms with E-state index >= 15 is 0 Å². The van der Waals surface area contributed by atoms with E-state index in [2.05, 4.69) is 24.1 Å². The van der Waals surface area contributed by atoms with Gasteiger partial charge in [-0.1, -0.05) is 27.7 Å². The van der Waals surface area contributed by atoms with Crippen molar-refractivity contribution in [3.63, 3.8) is 0 Å². The summed E-state index contributed by atoms with van der Waals surface area (Å²) >= 11 is 0. The molecule has 1 heterocycles. The zero-order chi connectivity index (χ0) is 14.5. The molecule has 0 spiro atoms. The maximum Gasteiger partial charge on any atom is 0.234 e. The second kappa shape index (κ2) is 7.25. The average molecular weight is 269 g/mol. The van der Waals surface area contributed by atoms with Crippen LogP contribution in [0.5, 0.6) is 0 Å². The van der Waals surface area contributed by atoms with Crippen molar-refractivity contribution in [2.45, 2.75) is 65.5 Å². The normalized spacial score (nSPS) is 20.9. The van der Waals surface area contributed by atoms with Crippen molar-refractivity contribution in [3.05, 3.63) is 0 Å². The van der Waals surface area contributed by atoms with Crippen LogP contribution in [0.1, 0.15) is 53.4 Å². The molecule has 1 aliphatic rings. The molecule has 1 saturated heterocycles. The Balaban J connectivity index is 2.42. The number of carbonyl (C=O) groups is 1. The lowest BCUT2D eigenvalue weighted by Crippen LogP contribution is -2.46. The van der Waals surface area contributed by atoms with Crippen LogP contribution in [0.3, 0.4) is 0 Å². The predicted molar refractivity (Wildman–Crippen MR) is 79.9 cm³/mol. The topological polar surface area (TPSA) is 58.4 Å². The van der Waals surface area contributed by atoms with Crippen molar-refractivity contribution < 1.29 is 4.79 Å². The van der Waals surface area contributed by atoms with Gasteiger partial charge in [-0.15, -0.1) is 0 Å². The third kappa shape index (κ3) is 4.77. The van der Waals surface area contributed by atoms with E-state index in [4.69, 9.17) is 5.73 Å². The number of nitrogens with two attached hydrogens (primary N) is 1. The summed E-state index contributed by atoms with van der Waals surface area (Å²) in [5, 5.41) is 3.25. The molecule has 0 aromatic rings. The number of hydrogen-bond donors (Lipinski definition) is 2. The van der Waals surface area contributed by atoms with E-state index in [1.165, 1.54) is 25.8 Å². The molecule has 1 atom stereocenters. The van der Waals surface area contributed by atoms with Crippen LogP contribution in [0.2, 0.25) is 0 Å². The molecule has 1 aliphatic heterocycles. The second-order valence-corrected chi connectivity index (χ2v) is 6.30. The van der Waals surface area contributed by atoms with E-state index in [9.17, 15) is 4.79 Å². The molecule has 1 unspecified atom stereocenters.